The van der Waals surface area contributed by atoms with Gasteiger partial charge in [0.2, 0.25) is 5.88 Å². The van der Waals surface area contributed by atoms with Crippen LogP contribution >= 0.6 is 0 Å². The molecule has 1 aromatic carbocycles. The average molecular weight is 484 g/mol. The Bertz CT molecular complexity index is 957. The van der Waals surface area contributed by atoms with Crippen LogP contribution in [0.2, 0.25) is 0 Å². The lowest BCUT2D eigenvalue weighted by molar-refractivity contribution is 0.0238. The third-order valence-corrected chi connectivity index (χ3v) is 5.40. The van der Waals surface area contributed by atoms with Gasteiger partial charge in [0.1, 0.15) is 13.2 Å². The number of carbonyl (C=O) groups excluding carboxylic acids is 1. The Balaban J connectivity index is 1.65. The van der Waals surface area contributed by atoms with Crippen LogP contribution in [0.3, 0.4) is 0 Å². The Labute approximate surface area is 208 Å². The Hall–Kier alpha value is -3.33. The van der Waals surface area contributed by atoms with Crippen LogP contribution in [0.1, 0.15) is 37.8 Å². The SMILES string of the molecule is CCCN(CCC)c1cc(N/N=C/c2cccc(C)c2)nc(OCCOC(=O)N2CCOCC2)c1. The lowest BCUT2D eigenvalue weighted by Crippen LogP contribution is -2.41. The number of rotatable bonds is 12. The third kappa shape index (κ3) is 8.75. The Morgan fingerprint density at radius 2 is 1.94 bits per heavy atom. The standard InChI is InChI=1S/C26H37N5O4/c1-4-9-30(10-5-2)23-18-24(29-27-20-22-8-6-7-21(3)17-22)28-25(19-23)34-15-16-35-26(32)31-11-13-33-14-12-31/h6-8,17-20H,4-5,9-16H2,1-3H3,(H,28,29)/b27-20+. The summed E-state index contributed by atoms with van der Waals surface area (Å²) < 4.78 is 16.5. The first-order valence-corrected chi connectivity index (χ1v) is 12.3. The monoisotopic (exact) mass is 483 g/mol. The molecule has 1 fully saturated rings. The van der Waals surface area contributed by atoms with E-state index in [-0.39, 0.29) is 19.3 Å². The van der Waals surface area contributed by atoms with Crippen LogP contribution < -0.4 is 15.1 Å². The molecule has 0 bridgehead atoms. The Morgan fingerprint density at radius 3 is 2.66 bits per heavy atom. The molecule has 0 aliphatic carbocycles. The van der Waals surface area contributed by atoms with E-state index in [9.17, 15) is 4.79 Å². The number of hydrogen-bond donors (Lipinski definition) is 1. The summed E-state index contributed by atoms with van der Waals surface area (Å²) in [5.74, 6) is 1.04. The van der Waals surface area contributed by atoms with E-state index < -0.39 is 0 Å². The lowest BCUT2D eigenvalue weighted by Gasteiger charge is -2.26. The molecule has 0 spiro atoms. The van der Waals surface area contributed by atoms with E-state index in [2.05, 4.69) is 40.3 Å². The number of hydrogen-bond acceptors (Lipinski definition) is 8. The molecule has 0 saturated carbocycles. The summed E-state index contributed by atoms with van der Waals surface area (Å²) in [6, 6.07) is 12.0. The number of ether oxygens (including phenoxy) is 3. The first-order valence-electron chi connectivity index (χ1n) is 12.3. The zero-order valence-electron chi connectivity index (χ0n) is 21.0. The second-order valence-corrected chi connectivity index (χ2v) is 8.38. The van der Waals surface area contributed by atoms with Crippen molar-refractivity contribution in [1.29, 1.82) is 0 Å². The van der Waals surface area contributed by atoms with Crippen molar-refractivity contribution >= 4 is 23.8 Å². The number of pyridine rings is 1. The lowest BCUT2D eigenvalue weighted by atomic mass is 10.2. The molecule has 3 rings (SSSR count). The van der Waals surface area contributed by atoms with Gasteiger partial charge in [-0.05, 0) is 25.3 Å². The van der Waals surface area contributed by atoms with Gasteiger partial charge in [-0.25, -0.2) is 4.79 Å². The summed E-state index contributed by atoms with van der Waals surface area (Å²) in [5, 5.41) is 4.36. The normalized spacial score (nSPS) is 13.6. The number of morpholine rings is 1. The summed E-state index contributed by atoms with van der Waals surface area (Å²) >= 11 is 0. The largest absolute Gasteiger partial charge is 0.474 e. The second kappa shape index (κ2) is 14.2. The summed E-state index contributed by atoms with van der Waals surface area (Å²) in [6.45, 7) is 10.8. The van der Waals surface area contributed by atoms with Crippen molar-refractivity contribution in [2.24, 2.45) is 5.10 Å². The maximum Gasteiger partial charge on any atom is 0.410 e. The molecular weight excluding hydrogens is 446 g/mol. The van der Waals surface area contributed by atoms with Crippen LogP contribution in [-0.4, -0.2) is 74.8 Å². The Morgan fingerprint density at radius 1 is 1.17 bits per heavy atom. The highest BCUT2D eigenvalue weighted by molar-refractivity contribution is 5.80. The predicted molar refractivity (Wildman–Crippen MR) is 139 cm³/mol. The molecule has 1 amide bonds. The number of amides is 1. The molecular formula is C26H37N5O4. The van der Waals surface area contributed by atoms with Crippen molar-refractivity contribution < 1.29 is 19.0 Å². The van der Waals surface area contributed by atoms with Gasteiger partial charge < -0.3 is 24.0 Å². The number of aromatic nitrogens is 1. The van der Waals surface area contributed by atoms with Crippen LogP contribution in [0.5, 0.6) is 5.88 Å². The van der Waals surface area contributed by atoms with Gasteiger partial charge in [-0.15, -0.1) is 0 Å². The minimum absolute atomic E-state index is 0.143. The van der Waals surface area contributed by atoms with Crippen molar-refractivity contribution in [3.05, 3.63) is 47.5 Å². The van der Waals surface area contributed by atoms with Crippen molar-refractivity contribution in [1.82, 2.24) is 9.88 Å². The number of anilines is 2. The average Bonchev–Trinajstić information content (AvgIpc) is 2.87. The van der Waals surface area contributed by atoms with Crippen molar-refractivity contribution in [2.45, 2.75) is 33.6 Å². The van der Waals surface area contributed by atoms with Gasteiger partial charge in [0.15, 0.2) is 5.82 Å². The molecule has 0 unspecified atom stereocenters. The minimum atomic E-state index is -0.344. The van der Waals surface area contributed by atoms with E-state index in [1.54, 1.807) is 11.1 Å². The molecule has 1 aliphatic rings. The van der Waals surface area contributed by atoms with Gasteiger partial charge >= 0.3 is 6.09 Å². The van der Waals surface area contributed by atoms with E-state index in [0.717, 1.165) is 37.2 Å². The molecule has 0 atom stereocenters. The minimum Gasteiger partial charge on any atom is -0.474 e. The smallest absolute Gasteiger partial charge is 0.410 e. The topological polar surface area (TPSA) is 88.5 Å². The number of hydrazone groups is 1. The summed E-state index contributed by atoms with van der Waals surface area (Å²) in [6.07, 6.45) is 3.49. The van der Waals surface area contributed by atoms with Gasteiger partial charge in [-0.3, -0.25) is 5.43 Å². The van der Waals surface area contributed by atoms with Crippen LogP contribution in [0.15, 0.2) is 41.5 Å². The molecule has 1 N–H and O–H groups in total. The maximum absolute atomic E-state index is 12.2. The fourth-order valence-corrected chi connectivity index (χ4v) is 3.75. The van der Waals surface area contributed by atoms with Crippen molar-refractivity contribution in [3.8, 4) is 5.88 Å². The third-order valence-electron chi connectivity index (χ3n) is 5.40. The molecule has 9 nitrogen and oxygen atoms in total. The van der Waals surface area contributed by atoms with Crippen LogP contribution in [0.4, 0.5) is 16.3 Å². The van der Waals surface area contributed by atoms with E-state index in [1.165, 1.54) is 5.56 Å². The molecule has 1 aromatic heterocycles. The zero-order chi connectivity index (χ0) is 24.9. The van der Waals surface area contributed by atoms with Crippen molar-refractivity contribution in [2.75, 3.05) is 62.9 Å². The Kier molecular flexibility index (Phi) is 10.6. The molecule has 0 radical (unpaired) electrons. The van der Waals surface area contributed by atoms with E-state index >= 15 is 0 Å². The predicted octanol–water partition coefficient (Wildman–Crippen LogP) is 4.31. The summed E-state index contributed by atoms with van der Waals surface area (Å²) in [5.41, 5.74) is 6.22. The summed E-state index contributed by atoms with van der Waals surface area (Å²) in [7, 11) is 0. The van der Waals surface area contributed by atoms with Crippen molar-refractivity contribution in [3.63, 3.8) is 0 Å². The van der Waals surface area contributed by atoms with Gasteiger partial charge in [0, 0.05) is 44.0 Å². The first kappa shape index (κ1) is 26.3. The molecule has 2 heterocycles. The molecule has 190 valence electrons. The molecule has 9 heteroatoms. The highest BCUT2D eigenvalue weighted by atomic mass is 16.6. The molecule has 2 aromatic rings. The van der Waals surface area contributed by atoms with E-state index in [4.69, 9.17) is 14.2 Å². The fourth-order valence-electron chi connectivity index (χ4n) is 3.75. The van der Waals surface area contributed by atoms with Gasteiger partial charge in [0.05, 0.1) is 19.4 Å². The summed E-state index contributed by atoms with van der Waals surface area (Å²) in [4.78, 5) is 20.7. The van der Waals surface area contributed by atoms with Crippen LogP contribution in [0, 0.1) is 6.92 Å². The molecule has 35 heavy (non-hydrogen) atoms. The molecule has 1 saturated heterocycles. The van der Waals surface area contributed by atoms with Gasteiger partial charge in [0.25, 0.3) is 0 Å². The highest BCUT2D eigenvalue weighted by Crippen LogP contribution is 2.24. The van der Waals surface area contributed by atoms with Gasteiger partial charge in [-0.1, -0.05) is 43.7 Å². The first-order chi connectivity index (χ1) is 17.1. The van der Waals surface area contributed by atoms with Crippen LogP contribution in [0.25, 0.3) is 0 Å². The number of nitrogens with zero attached hydrogens (tertiary/aromatic N) is 4. The van der Waals surface area contributed by atoms with E-state index in [0.29, 0.717) is 38.0 Å². The van der Waals surface area contributed by atoms with E-state index in [1.807, 2.05) is 37.3 Å². The zero-order valence-corrected chi connectivity index (χ0v) is 21.0. The highest BCUT2D eigenvalue weighted by Gasteiger charge is 2.18. The maximum atomic E-state index is 12.2. The fraction of sp³-hybridized carbons (Fsp3) is 0.500. The second-order valence-electron chi connectivity index (χ2n) is 8.38. The molecule has 1 aliphatic heterocycles. The number of aryl methyl sites for hydroxylation is 1. The van der Waals surface area contributed by atoms with Gasteiger partial charge in [-0.2, -0.15) is 10.1 Å². The van der Waals surface area contributed by atoms with Crippen LogP contribution in [-0.2, 0) is 9.47 Å². The number of benzene rings is 1. The number of nitrogens with one attached hydrogen (secondary N) is 1. The quantitative estimate of drug-likeness (QED) is 0.273. The number of carbonyl (C=O) groups is 1.